The molecule has 0 spiro atoms. The van der Waals surface area contributed by atoms with Crippen molar-refractivity contribution in [3.63, 3.8) is 0 Å². The zero-order valence-electron chi connectivity index (χ0n) is 17.9. The second kappa shape index (κ2) is 8.80. The summed E-state index contributed by atoms with van der Waals surface area (Å²) >= 11 is 0. The van der Waals surface area contributed by atoms with Gasteiger partial charge in [-0.05, 0) is 43.5 Å². The summed E-state index contributed by atoms with van der Waals surface area (Å²) in [6, 6.07) is 15.0. The summed E-state index contributed by atoms with van der Waals surface area (Å²) in [6.45, 7) is 3.91. The molecular weight excluding hydrogens is 412 g/mol. The van der Waals surface area contributed by atoms with Crippen molar-refractivity contribution < 1.29 is 13.2 Å². The maximum Gasteiger partial charge on any atom is 0.243 e. The highest BCUT2D eigenvalue weighted by Crippen LogP contribution is 2.27. The average molecular weight is 441 g/mol. The Morgan fingerprint density at radius 2 is 1.84 bits per heavy atom. The molecule has 0 bridgehead atoms. The Hall–Kier alpha value is -2.71. The summed E-state index contributed by atoms with van der Waals surface area (Å²) in [5.74, 6) is -0.0314. The fraction of sp³-hybridized carbons (Fsp3) is 0.391. The Balaban J connectivity index is 1.42. The molecule has 2 aromatic carbocycles. The molecule has 31 heavy (non-hydrogen) atoms. The van der Waals surface area contributed by atoms with Gasteiger partial charge in [0.25, 0.3) is 0 Å². The van der Waals surface area contributed by atoms with Gasteiger partial charge < -0.3 is 4.90 Å². The molecule has 0 atom stereocenters. The van der Waals surface area contributed by atoms with E-state index in [0.717, 1.165) is 16.5 Å². The van der Waals surface area contributed by atoms with E-state index >= 15 is 0 Å². The van der Waals surface area contributed by atoms with Crippen LogP contribution in [0.15, 0.2) is 59.6 Å². The van der Waals surface area contributed by atoms with Gasteiger partial charge in [-0.2, -0.15) is 9.40 Å². The second-order valence-corrected chi connectivity index (χ2v) is 9.98. The van der Waals surface area contributed by atoms with E-state index in [1.54, 1.807) is 22.9 Å². The summed E-state index contributed by atoms with van der Waals surface area (Å²) in [5.41, 5.74) is 1.87. The van der Waals surface area contributed by atoms with Crippen molar-refractivity contribution in [2.45, 2.75) is 31.2 Å². The third-order valence-electron chi connectivity index (χ3n) is 5.94. The molecule has 0 radical (unpaired) electrons. The SMILES string of the molecule is CCN(Cc1ccccc1)C(=O)C1CCN(S(=O)(=O)c2ccc3nn(C)cc3c2)CC1. The van der Waals surface area contributed by atoms with Crippen LogP contribution in [0.25, 0.3) is 10.9 Å². The van der Waals surface area contributed by atoms with Crippen LogP contribution in [-0.4, -0.2) is 52.9 Å². The van der Waals surface area contributed by atoms with E-state index in [9.17, 15) is 13.2 Å². The molecule has 4 rings (SSSR count). The Morgan fingerprint density at radius 1 is 1.13 bits per heavy atom. The van der Waals surface area contributed by atoms with Crippen molar-refractivity contribution in [2.75, 3.05) is 19.6 Å². The van der Waals surface area contributed by atoms with Crippen LogP contribution in [-0.2, 0) is 28.4 Å². The lowest BCUT2D eigenvalue weighted by Gasteiger charge is -2.33. The number of benzene rings is 2. The van der Waals surface area contributed by atoms with E-state index < -0.39 is 10.0 Å². The number of carbonyl (C=O) groups excluding carboxylic acids is 1. The van der Waals surface area contributed by atoms with Gasteiger partial charge in [0.15, 0.2) is 0 Å². The number of fused-ring (bicyclic) bond motifs is 1. The van der Waals surface area contributed by atoms with Crippen LogP contribution in [0.2, 0.25) is 0 Å². The zero-order valence-corrected chi connectivity index (χ0v) is 18.8. The molecule has 7 nitrogen and oxygen atoms in total. The Bertz CT molecular complexity index is 1170. The molecule has 1 aliphatic rings. The molecule has 2 heterocycles. The van der Waals surface area contributed by atoms with Crippen LogP contribution in [0.1, 0.15) is 25.3 Å². The lowest BCUT2D eigenvalue weighted by molar-refractivity contribution is -0.137. The molecule has 0 N–H and O–H groups in total. The number of piperidine rings is 1. The van der Waals surface area contributed by atoms with E-state index in [4.69, 9.17) is 0 Å². The summed E-state index contributed by atoms with van der Waals surface area (Å²) in [5, 5.41) is 5.10. The van der Waals surface area contributed by atoms with Gasteiger partial charge in [-0.25, -0.2) is 8.42 Å². The maximum absolute atomic E-state index is 13.1. The van der Waals surface area contributed by atoms with Crippen LogP contribution in [0.5, 0.6) is 0 Å². The zero-order chi connectivity index (χ0) is 22.0. The van der Waals surface area contributed by atoms with Crippen LogP contribution < -0.4 is 0 Å². The molecule has 0 aliphatic carbocycles. The minimum absolute atomic E-state index is 0.111. The van der Waals surface area contributed by atoms with E-state index in [2.05, 4.69) is 5.10 Å². The molecule has 1 fully saturated rings. The molecule has 3 aromatic rings. The molecular formula is C23H28N4O3S. The van der Waals surface area contributed by atoms with Crippen LogP contribution >= 0.6 is 0 Å². The van der Waals surface area contributed by atoms with E-state index in [1.807, 2.05) is 55.4 Å². The standard InChI is InChI=1S/C23H28N4O3S/c1-3-26(16-18-7-5-4-6-8-18)23(28)19-11-13-27(14-12-19)31(29,30)21-9-10-22-20(15-21)17-25(2)24-22/h4-10,15,17,19H,3,11-14,16H2,1-2H3. The van der Waals surface area contributed by atoms with E-state index in [0.29, 0.717) is 39.0 Å². The minimum Gasteiger partial charge on any atom is -0.338 e. The molecule has 1 saturated heterocycles. The molecule has 1 aliphatic heterocycles. The summed E-state index contributed by atoms with van der Waals surface area (Å²) in [7, 11) is -1.78. The summed E-state index contributed by atoms with van der Waals surface area (Å²) in [4.78, 5) is 15.2. The van der Waals surface area contributed by atoms with Crippen molar-refractivity contribution in [2.24, 2.45) is 13.0 Å². The third-order valence-corrected chi connectivity index (χ3v) is 7.84. The number of aryl methyl sites for hydroxylation is 1. The normalized spacial score (nSPS) is 15.9. The lowest BCUT2D eigenvalue weighted by Crippen LogP contribution is -2.44. The van der Waals surface area contributed by atoms with Crippen LogP contribution in [0.4, 0.5) is 0 Å². The smallest absolute Gasteiger partial charge is 0.243 e. The number of rotatable bonds is 6. The van der Waals surface area contributed by atoms with Crippen molar-refractivity contribution in [3.05, 3.63) is 60.3 Å². The first kappa shape index (κ1) is 21.5. The second-order valence-electron chi connectivity index (χ2n) is 8.04. The summed E-state index contributed by atoms with van der Waals surface area (Å²) < 4.78 is 29.5. The monoisotopic (exact) mass is 440 g/mol. The number of sulfonamides is 1. The highest BCUT2D eigenvalue weighted by Gasteiger charge is 2.33. The van der Waals surface area contributed by atoms with Gasteiger partial charge in [0.2, 0.25) is 15.9 Å². The largest absolute Gasteiger partial charge is 0.338 e. The van der Waals surface area contributed by atoms with E-state index in [1.165, 1.54) is 4.31 Å². The highest BCUT2D eigenvalue weighted by molar-refractivity contribution is 7.89. The summed E-state index contributed by atoms with van der Waals surface area (Å²) in [6.07, 6.45) is 2.89. The van der Waals surface area contributed by atoms with Crippen molar-refractivity contribution in [1.29, 1.82) is 0 Å². The van der Waals surface area contributed by atoms with Gasteiger partial charge in [0.05, 0.1) is 10.4 Å². The predicted molar refractivity (Wildman–Crippen MR) is 120 cm³/mol. The van der Waals surface area contributed by atoms with Gasteiger partial charge in [-0.1, -0.05) is 30.3 Å². The van der Waals surface area contributed by atoms with Crippen molar-refractivity contribution in [1.82, 2.24) is 19.0 Å². The highest BCUT2D eigenvalue weighted by atomic mass is 32.2. The Labute approximate surface area is 183 Å². The van der Waals surface area contributed by atoms with Crippen LogP contribution in [0.3, 0.4) is 0 Å². The molecule has 1 amide bonds. The number of nitrogens with zero attached hydrogens (tertiary/aromatic N) is 4. The molecule has 164 valence electrons. The maximum atomic E-state index is 13.1. The van der Waals surface area contributed by atoms with E-state index in [-0.39, 0.29) is 16.7 Å². The van der Waals surface area contributed by atoms with Crippen LogP contribution in [0, 0.1) is 5.92 Å². The van der Waals surface area contributed by atoms with Gasteiger partial charge in [0, 0.05) is 50.7 Å². The number of carbonyl (C=O) groups is 1. The number of amides is 1. The minimum atomic E-state index is -3.60. The molecule has 0 unspecified atom stereocenters. The topological polar surface area (TPSA) is 75.5 Å². The number of hydrogen-bond acceptors (Lipinski definition) is 4. The van der Waals surface area contributed by atoms with Gasteiger partial charge in [-0.15, -0.1) is 0 Å². The fourth-order valence-electron chi connectivity index (χ4n) is 4.19. The first-order valence-electron chi connectivity index (χ1n) is 10.6. The van der Waals surface area contributed by atoms with Gasteiger partial charge in [0.1, 0.15) is 0 Å². The molecule has 1 aromatic heterocycles. The first-order chi connectivity index (χ1) is 14.9. The van der Waals surface area contributed by atoms with Crippen molar-refractivity contribution in [3.8, 4) is 0 Å². The third kappa shape index (κ3) is 4.50. The van der Waals surface area contributed by atoms with Gasteiger partial charge >= 0.3 is 0 Å². The quantitative estimate of drug-likeness (QED) is 0.591. The number of aromatic nitrogens is 2. The average Bonchev–Trinajstić information content (AvgIpc) is 3.17. The molecule has 8 heteroatoms. The van der Waals surface area contributed by atoms with Crippen molar-refractivity contribution >= 4 is 26.8 Å². The lowest BCUT2D eigenvalue weighted by atomic mass is 9.96. The Morgan fingerprint density at radius 3 is 2.52 bits per heavy atom. The fourth-order valence-corrected chi connectivity index (χ4v) is 5.69. The van der Waals surface area contributed by atoms with Gasteiger partial charge in [-0.3, -0.25) is 9.48 Å². The Kier molecular flexibility index (Phi) is 6.11. The predicted octanol–water partition coefficient (Wildman–Crippen LogP) is 3.02. The number of hydrogen-bond donors (Lipinski definition) is 0. The molecule has 0 saturated carbocycles. The first-order valence-corrected chi connectivity index (χ1v) is 12.1.